The van der Waals surface area contributed by atoms with Gasteiger partial charge in [-0.2, -0.15) is 0 Å². The molecule has 0 saturated heterocycles. The summed E-state index contributed by atoms with van der Waals surface area (Å²) in [5, 5.41) is 19.8. The zero-order valence-corrected chi connectivity index (χ0v) is 14.9. The van der Waals surface area contributed by atoms with Gasteiger partial charge < -0.3 is 21.9 Å². The first-order valence-electron chi connectivity index (χ1n) is 7.82. The Morgan fingerprint density at radius 2 is 1.67 bits per heavy atom. The van der Waals surface area contributed by atoms with Crippen LogP contribution >= 0.6 is 11.6 Å². The third-order valence-corrected chi connectivity index (χ3v) is 4.02. The van der Waals surface area contributed by atoms with Crippen LogP contribution in [-0.4, -0.2) is 23.3 Å². The van der Waals surface area contributed by atoms with Crippen molar-refractivity contribution < 1.29 is 14.3 Å². The molecule has 0 fully saturated rings. The summed E-state index contributed by atoms with van der Waals surface area (Å²) < 4.78 is 13.2. The quantitative estimate of drug-likeness (QED) is 0.368. The summed E-state index contributed by atoms with van der Waals surface area (Å²) in [4.78, 5) is 10.8. The molecule has 6 nitrogen and oxygen atoms in total. The average Bonchev–Trinajstić information content (AvgIpc) is 2.67. The van der Waals surface area contributed by atoms with Crippen LogP contribution in [0.1, 0.15) is 11.1 Å². The van der Waals surface area contributed by atoms with Gasteiger partial charge in [-0.15, -0.1) is 0 Å². The van der Waals surface area contributed by atoms with Gasteiger partial charge >= 0.3 is 5.97 Å². The first-order chi connectivity index (χ1) is 12.8. The van der Waals surface area contributed by atoms with Crippen LogP contribution < -0.4 is 16.8 Å². The van der Waals surface area contributed by atoms with E-state index in [2.05, 4.69) is 5.32 Å². The summed E-state index contributed by atoms with van der Waals surface area (Å²) in [7, 11) is 0. The van der Waals surface area contributed by atoms with Crippen molar-refractivity contribution >= 4 is 29.0 Å². The smallest absolute Gasteiger partial charge is 0.322 e. The molecule has 0 heterocycles. The molecule has 0 spiro atoms. The molecular weight excluding hydrogens is 371 g/mol. The first-order valence-corrected chi connectivity index (χ1v) is 8.20. The van der Waals surface area contributed by atoms with E-state index in [-0.39, 0.29) is 27.8 Å². The van der Waals surface area contributed by atoms with E-state index in [4.69, 9.17) is 33.6 Å². The number of allylic oxidation sites excluding steroid dienone is 2. The number of halogens is 2. The van der Waals surface area contributed by atoms with E-state index in [0.29, 0.717) is 11.1 Å². The lowest BCUT2D eigenvalue weighted by atomic mass is 9.99. The molecule has 27 heavy (non-hydrogen) atoms. The number of carbonyl (C=O) groups is 1. The maximum atomic E-state index is 13.2. The monoisotopic (exact) mass is 388 g/mol. The Morgan fingerprint density at radius 3 is 2.22 bits per heavy atom. The Balaban J connectivity index is 2.55. The van der Waals surface area contributed by atoms with E-state index in [1.807, 2.05) is 6.07 Å². The second-order valence-corrected chi connectivity index (χ2v) is 5.89. The normalized spacial score (nSPS) is 12.7. The Labute approximate surface area is 160 Å². The van der Waals surface area contributed by atoms with Crippen molar-refractivity contribution in [3.05, 3.63) is 88.0 Å². The Morgan fingerprint density at radius 1 is 1.07 bits per heavy atom. The highest BCUT2D eigenvalue weighted by Gasteiger charge is 2.20. The van der Waals surface area contributed by atoms with Crippen LogP contribution in [0.2, 0.25) is 0 Å². The Kier molecular flexibility index (Phi) is 6.56. The summed E-state index contributed by atoms with van der Waals surface area (Å²) in [5.74, 6) is -1.73. The molecule has 2 aromatic carbocycles. The number of hydrogen-bond donors (Lipinski definition) is 5. The molecule has 0 aliphatic rings. The third-order valence-electron chi connectivity index (χ3n) is 3.62. The molecule has 0 aliphatic carbocycles. The Hall–Kier alpha value is -3.32. The summed E-state index contributed by atoms with van der Waals surface area (Å²) in [6, 6.07) is 14.0. The van der Waals surface area contributed by atoms with Gasteiger partial charge in [0.25, 0.3) is 0 Å². The van der Waals surface area contributed by atoms with Gasteiger partial charge in [-0.05, 0) is 29.8 Å². The van der Waals surface area contributed by atoms with Crippen molar-refractivity contribution in [1.29, 1.82) is 5.41 Å². The van der Waals surface area contributed by atoms with Crippen molar-refractivity contribution in [1.82, 2.24) is 5.32 Å². The molecule has 0 aliphatic heterocycles. The van der Waals surface area contributed by atoms with Crippen LogP contribution in [0.25, 0.3) is 5.70 Å². The van der Waals surface area contributed by atoms with Crippen molar-refractivity contribution in [3.8, 4) is 0 Å². The van der Waals surface area contributed by atoms with E-state index in [9.17, 15) is 9.18 Å². The van der Waals surface area contributed by atoms with Crippen LogP contribution in [0, 0.1) is 11.2 Å². The summed E-state index contributed by atoms with van der Waals surface area (Å²) in [6.07, 6.45) is 0. The maximum Gasteiger partial charge on any atom is 0.322 e. The molecule has 7 N–H and O–H groups in total. The van der Waals surface area contributed by atoms with Gasteiger partial charge in [0.1, 0.15) is 18.2 Å². The molecule has 0 bridgehead atoms. The number of benzene rings is 2. The number of rotatable bonds is 7. The summed E-state index contributed by atoms with van der Waals surface area (Å²) in [5.41, 5.74) is 13.1. The van der Waals surface area contributed by atoms with Crippen molar-refractivity contribution in [3.63, 3.8) is 0 Å². The summed E-state index contributed by atoms with van der Waals surface area (Å²) in [6.45, 7) is -0.471. The van der Waals surface area contributed by atoms with Crippen LogP contribution in [0.15, 0.2) is 71.0 Å². The van der Waals surface area contributed by atoms with Gasteiger partial charge in [0.05, 0.1) is 22.0 Å². The van der Waals surface area contributed by atoms with Crippen LogP contribution in [0.3, 0.4) is 0 Å². The molecule has 0 unspecified atom stereocenters. The standard InChI is InChI=1S/C19H18ClFN4O2/c20-16(18(23)11-4-2-1-3-5-11)15(19(24)25-10-14(26)27)17(22)12-6-8-13(21)9-7-12/h1-9,22,25H,10,23-24H2,(H,26,27)/b18-16+,19-15-,22-17?. The van der Waals surface area contributed by atoms with Gasteiger partial charge in [-0.25, -0.2) is 4.39 Å². The van der Waals surface area contributed by atoms with E-state index < -0.39 is 18.3 Å². The second-order valence-electron chi connectivity index (χ2n) is 5.51. The lowest BCUT2D eigenvalue weighted by molar-refractivity contribution is -0.135. The molecule has 2 rings (SSSR count). The molecule has 2 aromatic rings. The van der Waals surface area contributed by atoms with Crippen molar-refractivity contribution in [2.75, 3.05) is 6.54 Å². The van der Waals surface area contributed by atoms with E-state index in [0.717, 1.165) is 0 Å². The zero-order chi connectivity index (χ0) is 20.0. The highest BCUT2D eigenvalue weighted by atomic mass is 35.5. The predicted molar refractivity (Wildman–Crippen MR) is 103 cm³/mol. The maximum absolute atomic E-state index is 13.2. The highest BCUT2D eigenvalue weighted by molar-refractivity contribution is 6.39. The zero-order valence-electron chi connectivity index (χ0n) is 14.2. The molecule has 0 radical (unpaired) electrons. The number of carboxylic acids is 1. The molecule has 0 amide bonds. The van der Waals surface area contributed by atoms with Gasteiger partial charge in [0.2, 0.25) is 0 Å². The fourth-order valence-electron chi connectivity index (χ4n) is 2.26. The predicted octanol–water partition coefficient (Wildman–Crippen LogP) is 2.60. The minimum absolute atomic E-state index is 0.0193. The lowest BCUT2D eigenvalue weighted by Crippen LogP contribution is -2.30. The molecule has 0 saturated carbocycles. The highest BCUT2D eigenvalue weighted by Crippen LogP contribution is 2.27. The number of nitrogens with two attached hydrogens (primary N) is 2. The van der Waals surface area contributed by atoms with Gasteiger partial charge in [-0.3, -0.25) is 10.2 Å². The molecule has 0 aromatic heterocycles. The van der Waals surface area contributed by atoms with Crippen LogP contribution in [0.4, 0.5) is 4.39 Å². The van der Waals surface area contributed by atoms with E-state index >= 15 is 0 Å². The topological polar surface area (TPSA) is 125 Å². The first kappa shape index (κ1) is 20.0. The number of aliphatic carboxylic acids is 1. The second kappa shape index (κ2) is 8.86. The third kappa shape index (κ3) is 5.08. The van der Waals surface area contributed by atoms with Gasteiger partial charge in [0, 0.05) is 5.56 Å². The number of carboxylic acid groups (broad SMARTS) is 1. The number of nitrogens with one attached hydrogen (secondary N) is 2. The van der Waals surface area contributed by atoms with E-state index in [1.165, 1.54) is 24.3 Å². The largest absolute Gasteiger partial charge is 0.480 e. The Bertz CT molecular complexity index is 909. The summed E-state index contributed by atoms with van der Waals surface area (Å²) >= 11 is 6.43. The SMILES string of the molecule is N=C(C(=C(/N)NCC(=O)O)/C(Cl)=C(\N)c1ccccc1)c1ccc(F)cc1. The molecule has 8 heteroatoms. The van der Waals surface area contributed by atoms with Gasteiger partial charge in [0.15, 0.2) is 0 Å². The molecule has 0 atom stereocenters. The fourth-order valence-corrected chi connectivity index (χ4v) is 2.57. The van der Waals surface area contributed by atoms with Crippen molar-refractivity contribution in [2.24, 2.45) is 11.5 Å². The minimum Gasteiger partial charge on any atom is -0.480 e. The average molecular weight is 389 g/mol. The molecular formula is C19H18ClFN4O2. The van der Waals surface area contributed by atoms with E-state index in [1.54, 1.807) is 24.3 Å². The van der Waals surface area contributed by atoms with Crippen molar-refractivity contribution in [2.45, 2.75) is 0 Å². The van der Waals surface area contributed by atoms with Crippen LogP contribution in [0.5, 0.6) is 0 Å². The lowest BCUT2D eigenvalue weighted by Gasteiger charge is -2.16. The fraction of sp³-hybridized carbons (Fsp3) is 0.0526. The van der Waals surface area contributed by atoms with Gasteiger partial charge in [-0.1, -0.05) is 41.9 Å². The molecule has 140 valence electrons. The van der Waals surface area contributed by atoms with Crippen LogP contribution in [-0.2, 0) is 4.79 Å². The minimum atomic E-state index is -1.14. The number of hydrogen-bond acceptors (Lipinski definition) is 5.